The summed E-state index contributed by atoms with van der Waals surface area (Å²) in [5.74, 6) is 0.00392. The van der Waals surface area contributed by atoms with Crippen LogP contribution in [0.3, 0.4) is 0 Å². The monoisotopic (exact) mass is 430 g/mol. The number of aryl methyl sites for hydroxylation is 2. The minimum Gasteiger partial charge on any atom is -0.467 e. The van der Waals surface area contributed by atoms with Gasteiger partial charge >= 0.3 is 0 Å². The third-order valence-electron chi connectivity index (χ3n) is 5.89. The Hall–Kier alpha value is -4.20. The van der Waals surface area contributed by atoms with E-state index >= 15 is 0 Å². The Kier molecular flexibility index (Phi) is 4.44. The minimum absolute atomic E-state index is 0.0474. The zero-order chi connectivity index (χ0) is 22.6. The predicted molar refractivity (Wildman–Crippen MR) is 115 cm³/mol. The number of hydrogen-bond donors (Lipinski definition) is 0. The molecule has 8 heteroatoms. The van der Waals surface area contributed by atoms with Crippen molar-refractivity contribution in [3.8, 4) is 0 Å². The van der Waals surface area contributed by atoms with Crippen LogP contribution < -0.4 is 5.43 Å². The van der Waals surface area contributed by atoms with Gasteiger partial charge < -0.3 is 13.7 Å². The van der Waals surface area contributed by atoms with Crippen molar-refractivity contribution in [2.45, 2.75) is 26.4 Å². The number of benzene rings is 2. The number of furan rings is 1. The topological polar surface area (TPSA) is 107 Å². The van der Waals surface area contributed by atoms with Crippen molar-refractivity contribution in [1.82, 2.24) is 4.90 Å². The number of amides is 1. The lowest BCUT2D eigenvalue weighted by Crippen LogP contribution is -2.29. The fraction of sp³-hybridized carbons (Fsp3) is 0.167. The quantitative estimate of drug-likeness (QED) is 0.344. The van der Waals surface area contributed by atoms with Gasteiger partial charge in [-0.05, 0) is 54.8 Å². The number of nitro benzene ring substituents is 1. The number of rotatable bonds is 4. The zero-order valence-electron chi connectivity index (χ0n) is 17.3. The molecule has 0 spiro atoms. The van der Waals surface area contributed by atoms with E-state index in [0.29, 0.717) is 22.3 Å². The lowest BCUT2D eigenvalue weighted by Gasteiger charge is -2.24. The Morgan fingerprint density at radius 3 is 2.56 bits per heavy atom. The van der Waals surface area contributed by atoms with Crippen LogP contribution in [0.4, 0.5) is 5.69 Å². The van der Waals surface area contributed by atoms with Gasteiger partial charge in [-0.25, -0.2) is 0 Å². The Morgan fingerprint density at radius 1 is 1.06 bits per heavy atom. The number of carbonyl (C=O) groups is 1. The van der Waals surface area contributed by atoms with Crippen LogP contribution in [-0.4, -0.2) is 15.7 Å². The Bertz CT molecular complexity index is 1450. The molecule has 0 unspecified atom stereocenters. The van der Waals surface area contributed by atoms with E-state index in [1.54, 1.807) is 30.3 Å². The van der Waals surface area contributed by atoms with Crippen LogP contribution in [0.15, 0.2) is 68.4 Å². The summed E-state index contributed by atoms with van der Waals surface area (Å²) in [6.07, 6.45) is 1.49. The van der Waals surface area contributed by atoms with Crippen LogP contribution in [0.25, 0.3) is 11.0 Å². The molecule has 4 aromatic rings. The van der Waals surface area contributed by atoms with Crippen LogP contribution in [0.2, 0.25) is 0 Å². The van der Waals surface area contributed by atoms with Gasteiger partial charge in [0.05, 0.1) is 34.7 Å². The first-order valence-electron chi connectivity index (χ1n) is 10.0. The second-order valence-electron chi connectivity index (χ2n) is 7.87. The number of carbonyl (C=O) groups excluding carboxylic acids is 1. The van der Waals surface area contributed by atoms with E-state index in [1.165, 1.54) is 29.4 Å². The zero-order valence-corrected chi connectivity index (χ0v) is 17.3. The molecule has 2 aromatic carbocycles. The molecule has 0 saturated heterocycles. The Morgan fingerprint density at radius 2 is 1.84 bits per heavy atom. The first kappa shape index (κ1) is 19.7. The van der Waals surface area contributed by atoms with Crippen molar-refractivity contribution >= 4 is 22.6 Å². The maximum atomic E-state index is 13.6. The molecular formula is C24H18N2O6. The van der Waals surface area contributed by atoms with E-state index in [2.05, 4.69) is 0 Å². The van der Waals surface area contributed by atoms with Gasteiger partial charge in [0.1, 0.15) is 11.3 Å². The van der Waals surface area contributed by atoms with E-state index in [1.807, 2.05) is 13.8 Å². The molecular weight excluding hydrogens is 412 g/mol. The van der Waals surface area contributed by atoms with Crippen LogP contribution in [0, 0.1) is 24.0 Å². The maximum absolute atomic E-state index is 13.6. The van der Waals surface area contributed by atoms with E-state index in [0.717, 1.165) is 11.1 Å². The summed E-state index contributed by atoms with van der Waals surface area (Å²) < 4.78 is 11.4. The molecule has 1 aliphatic heterocycles. The third-order valence-corrected chi connectivity index (χ3v) is 5.89. The number of fused-ring (bicyclic) bond motifs is 2. The molecule has 5 rings (SSSR count). The van der Waals surface area contributed by atoms with Crippen LogP contribution >= 0.6 is 0 Å². The largest absolute Gasteiger partial charge is 0.467 e. The summed E-state index contributed by atoms with van der Waals surface area (Å²) in [5.41, 5.74) is 2.38. The normalized spacial score (nSPS) is 15.4. The molecule has 0 bridgehead atoms. The Labute approximate surface area is 181 Å². The van der Waals surface area contributed by atoms with Crippen LogP contribution in [-0.2, 0) is 6.54 Å². The number of nitro groups is 1. The molecule has 1 amide bonds. The molecule has 2 aromatic heterocycles. The average Bonchev–Trinajstić information content (AvgIpc) is 3.37. The summed E-state index contributed by atoms with van der Waals surface area (Å²) in [6, 6.07) is 12.0. The highest BCUT2D eigenvalue weighted by atomic mass is 16.6. The standard InChI is InChI=1S/C24H18N2O6/c1-13-9-18-19(10-14(13)2)32-23-20(22(18)27)21(15-5-3-6-16(11-15)26(29)30)25(24(23)28)12-17-7-4-8-31-17/h3-11,21H,12H2,1-2H3/t21-/m1/s1. The second kappa shape index (κ2) is 7.19. The highest BCUT2D eigenvalue weighted by Gasteiger charge is 2.43. The van der Waals surface area contributed by atoms with Crippen molar-refractivity contribution in [2.75, 3.05) is 0 Å². The van der Waals surface area contributed by atoms with Gasteiger partial charge in [-0.1, -0.05) is 12.1 Å². The van der Waals surface area contributed by atoms with Crippen molar-refractivity contribution in [1.29, 1.82) is 0 Å². The SMILES string of the molecule is Cc1cc2oc3c(c(=O)c2cc1C)[C@@H](c1cccc([N+](=O)[O-])c1)N(Cc1ccco1)C3=O. The van der Waals surface area contributed by atoms with Gasteiger partial charge in [0.25, 0.3) is 11.6 Å². The summed E-state index contributed by atoms with van der Waals surface area (Å²) in [4.78, 5) is 39.3. The summed E-state index contributed by atoms with van der Waals surface area (Å²) in [5, 5.41) is 11.7. The molecule has 160 valence electrons. The van der Waals surface area contributed by atoms with Crippen LogP contribution in [0.1, 0.15) is 44.6 Å². The molecule has 8 nitrogen and oxygen atoms in total. The number of hydrogen-bond acceptors (Lipinski definition) is 6. The third kappa shape index (κ3) is 2.99. The second-order valence-corrected chi connectivity index (χ2v) is 7.87. The minimum atomic E-state index is -0.843. The lowest BCUT2D eigenvalue weighted by molar-refractivity contribution is -0.384. The molecule has 0 saturated carbocycles. The lowest BCUT2D eigenvalue weighted by atomic mass is 9.97. The fourth-order valence-corrected chi connectivity index (χ4v) is 4.16. The predicted octanol–water partition coefficient (Wildman–Crippen LogP) is 4.66. The molecule has 0 aliphatic carbocycles. The van der Waals surface area contributed by atoms with Gasteiger partial charge in [0.2, 0.25) is 5.76 Å². The maximum Gasteiger partial charge on any atom is 0.291 e. The van der Waals surface area contributed by atoms with Gasteiger partial charge in [-0.2, -0.15) is 0 Å². The van der Waals surface area contributed by atoms with Crippen molar-refractivity contribution in [2.24, 2.45) is 0 Å². The van der Waals surface area contributed by atoms with Gasteiger partial charge in [-0.15, -0.1) is 0 Å². The molecule has 32 heavy (non-hydrogen) atoms. The molecule has 0 radical (unpaired) electrons. The van der Waals surface area contributed by atoms with E-state index in [-0.39, 0.29) is 29.0 Å². The van der Waals surface area contributed by atoms with Crippen LogP contribution in [0.5, 0.6) is 0 Å². The van der Waals surface area contributed by atoms with Gasteiger partial charge in [0.15, 0.2) is 5.43 Å². The molecule has 0 N–H and O–H groups in total. The highest BCUT2D eigenvalue weighted by Crippen LogP contribution is 2.40. The molecule has 1 atom stereocenters. The summed E-state index contributed by atoms with van der Waals surface area (Å²) in [6.45, 7) is 3.88. The molecule has 1 aliphatic rings. The smallest absolute Gasteiger partial charge is 0.291 e. The van der Waals surface area contributed by atoms with Gasteiger partial charge in [0, 0.05) is 12.1 Å². The Balaban J connectivity index is 1.77. The van der Waals surface area contributed by atoms with E-state index in [4.69, 9.17) is 8.83 Å². The number of nitrogens with zero attached hydrogens (tertiary/aromatic N) is 2. The first-order valence-corrected chi connectivity index (χ1v) is 10.0. The summed E-state index contributed by atoms with van der Waals surface area (Å²) in [7, 11) is 0. The molecule has 0 fully saturated rings. The van der Waals surface area contributed by atoms with Gasteiger partial charge in [-0.3, -0.25) is 19.7 Å². The first-order chi connectivity index (χ1) is 15.3. The van der Waals surface area contributed by atoms with Crippen molar-refractivity contribution in [3.63, 3.8) is 0 Å². The highest BCUT2D eigenvalue weighted by molar-refractivity contribution is 5.99. The average molecular weight is 430 g/mol. The fourth-order valence-electron chi connectivity index (χ4n) is 4.16. The van der Waals surface area contributed by atoms with E-state index < -0.39 is 16.9 Å². The molecule has 3 heterocycles. The van der Waals surface area contributed by atoms with Crippen molar-refractivity contribution in [3.05, 3.63) is 109 Å². The number of non-ortho nitro benzene ring substituents is 1. The summed E-state index contributed by atoms with van der Waals surface area (Å²) >= 11 is 0. The van der Waals surface area contributed by atoms with E-state index in [9.17, 15) is 19.7 Å². The van der Waals surface area contributed by atoms with Crippen molar-refractivity contribution < 1.29 is 18.6 Å².